The van der Waals surface area contributed by atoms with Crippen molar-refractivity contribution in [3.63, 3.8) is 0 Å². The van der Waals surface area contributed by atoms with Crippen molar-refractivity contribution in [1.29, 1.82) is 0 Å². The van der Waals surface area contributed by atoms with Crippen LogP contribution in [0.15, 0.2) is 50.8 Å². The van der Waals surface area contributed by atoms with E-state index in [4.69, 9.17) is 4.74 Å². The largest absolute Gasteiger partial charge is 0.492 e. The fourth-order valence-corrected chi connectivity index (χ4v) is 3.20. The van der Waals surface area contributed by atoms with Crippen molar-refractivity contribution in [2.45, 2.75) is 34.1 Å². The van der Waals surface area contributed by atoms with E-state index in [1.54, 1.807) is 18.2 Å². The molecule has 8 nitrogen and oxygen atoms in total. The lowest BCUT2D eigenvalue weighted by atomic mass is 9.98. The molecule has 1 heterocycles. The molecule has 3 rings (SSSR count). The number of hydrogen-bond donors (Lipinski definition) is 0. The van der Waals surface area contributed by atoms with Gasteiger partial charge in [0.2, 0.25) is 0 Å². The summed E-state index contributed by atoms with van der Waals surface area (Å²) in [5.41, 5.74) is 0.482. The van der Waals surface area contributed by atoms with Crippen LogP contribution in [0.5, 0.6) is 5.75 Å². The average molecular weight is 487 g/mol. The molecule has 162 valence electrons. The normalized spacial score (nSPS) is 11.9. The maximum atomic E-state index is 13.0. The van der Waals surface area contributed by atoms with Crippen LogP contribution in [-0.2, 0) is 6.42 Å². The van der Waals surface area contributed by atoms with Gasteiger partial charge in [0, 0.05) is 28.6 Å². The third-order valence-corrected chi connectivity index (χ3v) is 4.86. The number of halogens is 1. The van der Waals surface area contributed by atoms with Gasteiger partial charge in [0.05, 0.1) is 28.6 Å². The number of nitro benzene ring substituents is 1. The van der Waals surface area contributed by atoms with E-state index in [1.165, 1.54) is 23.0 Å². The predicted molar refractivity (Wildman–Crippen MR) is 124 cm³/mol. The molecule has 0 aliphatic carbocycles. The van der Waals surface area contributed by atoms with Gasteiger partial charge >= 0.3 is 0 Å². The maximum absolute atomic E-state index is 13.0. The number of nitro groups is 1. The van der Waals surface area contributed by atoms with Gasteiger partial charge in [-0.05, 0) is 29.7 Å². The monoisotopic (exact) mass is 486 g/mol. The molecule has 0 aliphatic heterocycles. The first-order valence-corrected chi connectivity index (χ1v) is 10.5. The Bertz CT molecular complexity index is 1230. The average Bonchev–Trinajstić information content (AvgIpc) is 2.71. The molecule has 2 aromatic carbocycles. The molecule has 0 saturated carbocycles. The number of non-ortho nitro benzene ring substituents is 1. The minimum Gasteiger partial charge on any atom is -0.492 e. The molecule has 1 aromatic heterocycles. The summed E-state index contributed by atoms with van der Waals surface area (Å²) in [6, 6.07) is 9.60. The van der Waals surface area contributed by atoms with Crippen LogP contribution in [0.1, 0.15) is 39.1 Å². The Kier molecular flexibility index (Phi) is 6.54. The molecule has 0 amide bonds. The highest BCUT2D eigenvalue weighted by atomic mass is 79.9. The van der Waals surface area contributed by atoms with Crippen molar-refractivity contribution in [2.24, 2.45) is 10.5 Å². The highest BCUT2D eigenvalue weighted by Crippen LogP contribution is 2.25. The number of aromatic nitrogens is 2. The Hall–Kier alpha value is -3.07. The minimum absolute atomic E-state index is 0.0896. The summed E-state index contributed by atoms with van der Waals surface area (Å²) in [4.78, 5) is 28.3. The highest BCUT2D eigenvalue weighted by Gasteiger charge is 2.16. The molecule has 9 heteroatoms. The van der Waals surface area contributed by atoms with Crippen LogP contribution < -0.4 is 10.3 Å². The standard InChI is InChI=1S/C22H23BrN4O4/c1-5-20-25-18-8-6-15(23)11-17(18)21(28)26(20)24-12-14-10-16(27(29)30)7-9-19(14)31-13-22(2,3)4/h6-12H,5,13H2,1-4H3. The molecular formula is C22H23BrN4O4. The molecule has 0 bridgehead atoms. The highest BCUT2D eigenvalue weighted by molar-refractivity contribution is 9.10. The predicted octanol–water partition coefficient (Wildman–Crippen LogP) is 4.94. The molecule has 31 heavy (non-hydrogen) atoms. The Morgan fingerprint density at radius 2 is 2.00 bits per heavy atom. The van der Waals surface area contributed by atoms with Gasteiger partial charge in [-0.25, -0.2) is 4.98 Å². The molecule has 0 N–H and O–H groups in total. The summed E-state index contributed by atoms with van der Waals surface area (Å²) in [5.74, 6) is 0.936. The summed E-state index contributed by atoms with van der Waals surface area (Å²) < 4.78 is 7.86. The smallest absolute Gasteiger partial charge is 0.282 e. The van der Waals surface area contributed by atoms with E-state index in [-0.39, 0.29) is 16.7 Å². The molecule has 0 radical (unpaired) electrons. The van der Waals surface area contributed by atoms with Gasteiger partial charge in [0.15, 0.2) is 0 Å². The lowest BCUT2D eigenvalue weighted by Gasteiger charge is -2.19. The van der Waals surface area contributed by atoms with Crippen molar-refractivity contribution >= 4 is 38.7 Å². The molecule has 0 fully saturated rings. The van der Waals surface area contributed by atoms with Gasteiger partial charge in [-0.15, -0.1) is 0 Å². The molecular weight excluding hydrogens is 464 g/mol. The zero-order valence-electron chi connectivity index (χ0n) is 17.8. The summed E-state index contributed by atoms with van der Waals surface area (Å²) >= 11 is 3.37. The second-order valence-corrected chi connectivity index (χ2v) is 9.15. The third kappa shape index (κ3) is 5.35. The van der Waals surface area contributed by atoms with Crippen molar-refractivity contribution in [2.75, 3.05) is 6.61 Å². The molecule has 0 spiro atoms. The fraction of sp³-hybridized carbons (Fsp3) is 0.318. The van der Waals surface area contributed by atoms with Gasteiger partial charge < -0.3 is 4.74 Å². The van der Waals surface area contributed by atoms with Gasteiger partial charge in [-0.3, -0.25) is 14.9 Å². The topological polar surface area (TPSA) is 99.6 Å². The third-order valence-electron chi connectivity index (χ3n) is 4.37. The van der Waals surface area contributed by atoms with Gasteiger partial charge in [0.25, 0.3) is 11.2 Å². The maximum Gasteiger partial charge on any atom is 0.282 e. The molecule has 0 atom stereocenters. The zero-order valence-corrected chi connectivity index (χ0v) is 19.3. The fourth-order valence-electron chi connectivity index (χ4n) is 2.84. The van der Waals surface area contributed by atoms with Crippen LogP contribution in [0.4, 0.5) is 5.69 Å². The van der Waals surface area contributed by atoms with Crippen LogP contribution in [0.25, 0.3) is 10.9 Å². The van der Waals surface area contributed by atoms with Crippen LogP contribution >= 0.6 is 15.9 Å². The Morgan fingerprint density at radius 3 is 2.65 bits per heavy atom. The molecule has 0 unspecified atom stereocenters. The van der Waals surface area contributed by atoms with Crippen LogP contribution in [0, 0.1) is 15.5 Å². The summed E-state index contributed by atoms with van der Waals surface area (Å²) in [7, 11) is 0. The van der Waals surface area contributed by atoms with Crippen molar-refractivity contribution < 1.29 is 9.66 Å². The van der Waals surface area contributed by atoms with Crippen molar-refractivity contribution in [3.8, 4) is 5.75 Å². The SMILES string of the molecule is CCc1nc2ccc(Br)cc2c(=O)n1N=Cc1cc([N+](=O)[O-])ccc1OCC(C)(C)C. The van der Waals surface area contributed by atoms with Crippen molar-refractivity contribution in [3.05, 3.63) is 72.7 Å². The van der Waals surface area contributed by atoms with Crippen LogP contribution in [0.2, 0.25) is 0 Å². The second-order valence-electron chi connectivity index (χ2n) is 8.23. The first-order valence-electron chi connectivity index (χ1n) is 9.76. The number of nitrogens with zero attached hydrogens (tertiary/aromatic N) is 4. The van der Waals surface area contributed by atoms with Crippen LogP contribution in [0.3, 0.4) is 0 Å². The first-order chi connectivity index (χ1) is 14.6. The van der Waals surface area contributed by atoms with Gasteiger partial charge in [-0.2, -0.15) is 9.78 Å². The van der Waals surface area contributed by atoms with E-state index >= 15 is 0 Å². The summed E-state index contributed by atoms with van der Waals surface area (Å²) in [5, 5.41) is 16.0. The number of fused-ring (bicyclic) bond motifs is 1. The van der Waals surface area contributed by atoms with Gasteiger partial charge in [-0.1, -0.05) is 43.6 Å². The van der Waals surface area contributed by atoms with E-state index in [9.17, 15) is 14.9 Å². The van der Waals surface area contributed by atoms with E-state index in [2.05, 4.69) is 26.0 Å². The summed E-state index contributed by atoms with van der Waals surface area (Å²) in [6.45, 7) is 8.37. The number of ether oxygens (including phenoxy) is 1. The number of rotatable bonds is 6. The molecule has 0 saturated heterocycles. The number of benzene rings is 2. The van der Waals surface area contributed by atoms with Crippen LogP contribution in [-0.4, -0.2) is 27.4 Å². The van der Waals surface area contributed by atoms with E-state index < -0.39 is 4.92 Å². The zero-order chi connectivity index (χ0) is 22.8. The van der Waals surface area contributed by atoms with E-state index in [0.717, 1.165) is 4.47 Å². The van der Waals surface area contributed by atoms with Gasteiger partial charge in [0.1, 0.15) is 11.6 Å². The number of hydrogen-bond acceptors (Lipinski definition) is 6. The van der Waals surface area contributed by atoms with E-state index in [1.807, 2.05) is 33.8 Å². The summed E-state index contributed by atoms with van der Waals surface area (Å²) in [6.07, 6.45) is 1.89. The Labute approximate surface area is 187 Å². The van der Waals surface area contributed by atoms with E-state index in [0.29, 0.717) is 41.1 Å². The number of aryl methyl sites for hydroxylation is 1. The Balaban J connectivity index is 2.10. The lowest BCUT2D eigenvalue weighted by molar-refractivity contribution is -0.384. The lowest BCUT2D eigenvalue weighted by Crippen LogP contribution is -2.22. The second kappa shape index (κ2) is 8.97. The minimum atomic E-state index is -0.483. The Morgan fingerprint density at radius 1 is 1.26 bits per heavy atom. The molecule has 3 aromatic rings. The van der Waals surface area contributed by atoms with Crippen molar-refractivity contribution in [1.82, 2.24) is 9.66 Å². The molecule has 0 aliphatic rings. The first kappa shape index (κ1) is 22.6. The quantitative estimate of drug-likeness (QED) is 0.279.